The maximum Gasteiger partial charge on any atom is 0.327 e. The van der Waals surface area contributed by atoms with E-state index in [0.29, 0.717) is 30.4 Å². The molecule has 310 valence electrons. The van der Waals surface area contributed by atoms with E-state index in [2.05, 4.69) is 24.5 Å². The highest BCUT2D eigenvalue weighted by Gasteiger charge is 2.76. The van der Waals surface area contributed by atoms with Crippen molar-refractivity contribution >= 4 is 23.9 Å². The van der Waals surface area contributed by atoms with E-state index in [1.165, 1.54) is 0 Å². The second kappa shape index (κ2) is 18.6. The molecule has 3 saturated heterocycles. The third-order valence-corrected chi connectivity index (χ3v) is 12.0. The number of phenolic OH excluding ortho intramolecular Hbond substituents is 1. The fourth-order valence-electron chi connectivity index (χ4n) is 9.14. The van der Waals surface area contributed by atoms with Crippen molar-refractivity contribution in [2.24, 2.45) is 5.41 Å². The lowest BCUT2D eigenvalue weighted by Gasteiger charge is -2.48. The highest BCUT2D eigenvalue weighted by atomic mass is 16.8. The molecule has 0 unspecified atom stereocenters. The van der Waals surface area contributed by atoms with Crippen LogP contribution < -0.4 is 10.6 Å². The highest BCUT2D eigenvalue weighted by molar-refractivity contribution is 5.95. The van der Waals surface area contributed by atoms with Gasteiger partial charge >= 0.3 is 5.97 Å². The van der Waals surface area contributed by atoms with E-state index in [4.69, 9.17) is 24.2 Å². The minimum atomic E-state index is -1.36. The lowest BCUT2D eigenvalue weighted by Crippen LogP contribution is -2.69. The van der Waals surface area contributed by atoms with E-state index in [1.54, 1.807) is 35.4 Å². The SMILES string of the molecule is CCCCCC1(CCCCC)O[C@@H]2[C@H](O1)[C@H]1ON(Cc3ccccc3C=CCc3ccccc3O)[C@@H]3C(=O)O[C@@H]2C[C@]13C(=O)NCc1cccc(C(=O)NCCO)c1. The molecule has 0 aromatic heterocycles. The summed E-state index contributed by atoms with van der Waals surface area (Å²) in [5.41, 5.74) is 2.34. The summed E-state index contributed by atoms with van der Waals surface area (Å²) in [6, 6.07) is 21.0. The van der Waals surface area contributed by atoms with Crippen LogP contribution in [0, 0.1) is 5.41 Å². The maximum absolute atomic E-state index is 15.0. The van der Waals surface area contributed by atoms with E-state index < -0.39 is 47.6 Å². The molecule has 12 nitrogen and oxygen atoms in total. The Morgan fingerprint density at radius 2 is 1.62 bits per heavy atom. The van der Waals surface area contributed by atoms with Gasteiger partial charge in [0.15, 0.2) is 11.8 Å². The van der Waals surface area contributed by atoms with Gasteiger partial charge in [0.2, 0.25) is 5.91 Å². The average Bonchev–Trinajstić information content (AvgIpc) is 3.79. The van der Waals surface area contributed by atoms with Gasteiger partial charge in [0.1, 0.15) is 35.6 Å². The summed E-state index contributed by atoms with van der Waals surface area (Å²) in [5.74, 6) is -1.87. The molecule has 4 aliphatic rings. The maximum atomic E-state index is 15.0. The zero-order chi connectivity index (χ0) is 40.7. The van der Waals surface area contributed by atoms with Gasteiger partial charge in [-0.05, 0) is 59.7 Å². The van der Waals surface area contributed by atoms with Gasteiger partial charge in [-0.25, -0.2) is 0 Å². The number of amides is 2. The molecule has 2 bridgehead atoms. The van der Waals surface area contributed by atoms with Gasteiger partial charge in [-0.3, -0.25) is 19.2 Å². The Labute approximate surface area is 340 Å². The van der Waals surface area contributed by atoms with Crippen LogP contribution in [0.5, 0.6) is 5.75 Å². The molecule has 0 radical (unpaired) electrons. The minimum Gasteiger partial charge on any atom is -0.508 e. The number of para-hydroxylation sites is 1. The first-order valence-electron chi connectivity index (χ1n) is 21.0. The zero-order valence-corrected chi connectivity index (χ0v) is 33.6. The van der Waals surface area contributed by atoms with Crippen molar-refractivity contribution in [1.29, 1.82) is 0 Å². The Morgan fingerprint density at radius 3 is 2.36 bits per heavy atom. The second-order valence-corrected chi connectivity index (χ2v) is 16.0. The Hall–Kier alpha value is -4.59. The number of unbranched alkanes of at least 4 members (excludes halogenated alkanes) is 4. The van der Waals surface area contributed by atoms with Gasteiger partial charge in [-0.15, -0.1) is 0 Å². The molecule has 58 heavy (non-hydrogen) atoms. The van der Waals surface area contributed by atoms with Gasteiger partial charge in [0.25, 0.3) is 5.91 Å². The number of esters is 1. The fourth-order valence-corrected chi connectivity index (χ4v) is 9.14. The summed E-state index contributed by atoms with van der Waals surface area (Å²) in [6.45, 7) is 4.58. The van der Waals surface area contributed by atoms with Crippen LogP contribution in [0.4, 0.5) is 0 Å². The number of allylic oxidation sites excluding steroid dienone is 1. The number of aliphatic hydroxyl groups excluding tert-OH is 1. The molecule has 1 aliphatic carbocycles. The van der Waals surface area contributed by atoms with Crippen LogP contribution in [-0.4, -0.2) is 82.5 Å². The van der Waals surface area contributed by atoms with E-state index in [0.717, 1.165) is 55.2 Å². The summed E-state index contributed by atoms with van der Waals surface area (Å²) in [4.78, 5) is 48.8. The molecule has 3 aromatic carbocycles. The smallest absolute Gasteiger partial charge is 0.327 e. The van der Waals surface area contributed by atoms with Crippen LogP contribution >= 0.6 is 0 Å². The summed E-state index contributed by atoms with van der Waals surface area (Å²) >= 11 is 0. The molecule has 0 spiro atoms. The molecule has 12 heteroatoms. The van der Waals surface area contributed by atoms with Crippen LogP contribution in [0.15, 0.2) is 78.9 Å². The number of phenols is 1. The predicted molar refractivity (Wildman–Crippen MR) is 217 cm³/mol. The van der Waals surface area contributed by atoms with Gasteiger partial charge in [-0.2, -0.15) is 5.06 Å². The molecule has 1 saturated carbocycles. The zero-order valence-electron chi connectivity index (χ0n) is 33.6. The van der Waals surface area contributed by atoms with E-state index in [9.17, 15) is 19.5 Å². The van der Waals surface area contributed by atoms with Crippen LogP contribution in [0.1, 0.15) is 104 Å². The van der Waals surface area contributed by atoms with Crippen molar-refractivity contribution in [3.05, 3.63) is 107 Å². The van der Waals surface area contributed by atoms with Crippen molar-refractivity contribution in [1.82, 2.24) is 15.7 Å². The van der Waals surface area contributed by atoms with Crippen molar-refractivity contribution in [2.45, 2.75) is 127 Å². The molecule has 4 fully saturated rings. The number of hydrogen-bond acceptors (Lipinski definition) is 10. The van der Waals surface area contributed by atoms with Gasteiger partial charge < -0.3 is 35.1 Å². The number of carbonyl (C=O) groups is 3. The fraction of sp³-hybridized carbons (Fsp3) is 0.500. The molecule has 2 amide bonds. The first kappa shape index (κ1) is 41.6. The van der Waals surface area contributed by atoms with E-state index in [1.807, 2.05) is 54.6 Å². The van der Waals surface area contributed by atoms with Crippen molar-refractivity contribution < 1.29 is 43.6 Å². The lowest BCUT2D eigenvalue weighted by atomic mass is 9.62. The number of benzene rings is 3. The number of aromatic hydroxyl groups is 1. The highest BCUT2D eigenvalue weighted by Crippen LogP contribution is 2.58. The van der Waals surface area contributed by atoms with Crippen molar-refractivity contribution in [2.75, 3.05) is 13.2 Å². The summed E-state index contributed by atoms with van der Waals surface area (Å²) in [6.07, 6.45) is 9.28. The number of hydrogen-bond donors (Lipinski definition) is 4. The first-order chi connectivity index (χ1) is 28.2. The minimum absolute atomic E-state index is 0.106. The molecule has 6 atom stereocenters. The van der Waals surface area contributed by atoms with E-state index in [-0.39, 0.29) is 50.2 Å². The molecule has 3 heterocycles. The molecule has 3 aliphatic heterocycles. The lowest BCUT2D eigenvalue weighted by molar-refractivity contribution is -0.224. The molecule has 7 rings (SSSR count). The number of nitrogens with one attached hydrogen (secondary N) is 2. The first-order valence-corrected chi connectivity index (χ1v) is 21.0. The van der Waals surface area contributed by atoms with Crippen molar-refractivity contribution in [3.8, 4) is 5.75 Å². The Balaban J connectivity index is 1.20. The largest absolute Gasteiger partial charge is 0.508 e. The summed E-state index contributed by atoms with van der Waals surface area (Å²) in [5, 5.41) is 26.9. The Bertz CT molecular complexity index is 1940. The number of carbonyl (C=O) groups excluding carboxylic acids is 3. The Morgan fingerprint density at radius 1 is 0.897 bits per heavy atom. The number of nitrogens with zero attached hydrogens (tertiary/aromatic N) is 1. The van der Waals surface area contributed by atoms with Crippen LogP contribution in [0.3, 0.4) is 0 Å². The monoisotopic (exact) mass is 795 g/mol. The molecular weight excluding hydrogens is 739 g/mol. The topological polar surface area (TPSA) is 156 Å². The standard InChI is InChI=1S/C46H57N3O9/c1-3-5-11-23-45(24-12-6-4-2)56-38-37-28-46(44(54)48-29-31-15-13-21-34(27-31)42(52)47-25-26-50)40(43(53)55-37)49(58-41(46)39(38)57-45)30-35-18-8-7-16-32(35)19-14-20-33-17-9-10-22-36(33)51/h7-10,13-19,21-22,27,37-41,50-51H,3-6,11-12,20,23-26,28-30H2,1-2H3,(H,47,52)(H,48,54)/t37-,38+,39+,40-,41-,46-/m1/s1. The van der Waals surface area contributed by atoms with Gasteiger partial charge in [-0.1, -0.05) is 106 Å². The number of fused-ring (bicyclic) bond motifs is 4. The van der Waals surface area contributed by atoms with Crippen LogP contribution in [0.2, 0.25) is 0 Å². The molecular formula is C46H57N3O9. The summed E-state index contributed by atoms with van der Waals surface area (Å²) in [7, 11) is 0. The number of aliphatic hydroxyl groups is 1. The number of hydroxylamine groups is 2. The average molecular weight is 796 g/mol. The predicted octanol–water partition coefficient (Wildman–Crippen LogP) is 6.13. The Kier molecular flexibility index (Phi) is 13.3. The normalized spacial score (nSPS) is 25.7. The molecule has 4 N–H and O–H groups in total. The number of ether oxygens (including phenoxy) is 3. The third kappa shape index (κ3) is 8.58. The second-order valence-electron chi connectivity index (χ2n) is 16.0. The quantitative estimate of drug-likeness (QED) is 0.0823. The van der Waals surface area contributed by atoms with E-state index >= 15 is 0 Å². The van der Waals surface area contributed by atoms with Gasteiger partial charge in [0.05, 0.1) is 13.2 Å². The molecule has 3 aromatic rings. The summed E-state index contributed by atoms with van der Waals surface area (Å²) < 4.78 is 20.2. The van der Waals surface area contributed by atoms with Crippen LogP contribution in [-0.2, 0) is 48.1 Å². The van der Waals surface area contributed by atoms with Gasteiger partial charge in [0, 0.05) is 37.9 Å². The van der Waals surface area contributed by atoms with Crippen molar-refractivity contribution in [3.63, 3.8) is 0 Å². The number of rotatable bonds is 19. The third-order valence-electron chi connectivity index (χ3n) is 12.0. The van der Waals surface area contributed by atoms with Crippen LogP contribution in [0.25, 0.3) is 6.08 Å².